The van der Waals surface area contributed by atoms with Gasteiger partial charge in [0.15, 0.2) is 5.78 Å². The zero-order valence-electron chi connectivity index (χ0n) is 12.9. The van der Waals surface area contributed by atoms with Crippen LogP contribution in [0.2, 0.25) is 0 Å². The van der Waals surface area contributed by atoms with Crippen LogP contribution in [-0.2, 0) is 0 Å². The van der Waals surface area contributed by atoms with Crippen LogP contribution < -0.4 is 0 Å². The highest BCUT2D eigenvalue weighted by Gasteiger charge is 2.38. The molecular weight excluding hydrogens is 298 g/mol. The van der Waals surface area contributed by atoms with E-state index in [2.05, 4.69) is 18.8 Å². The highest BCUT2D eigenvalue weighted by Crippen LogP contribution is 2.33. The molecule has 3 nitrogen and oxygen atoms in total. The van der Waals surface area contributed by atoms with E-state index in [1.54, 1.807) is 24.3 Å². The summed E-state index contributed by atoms with van der Waals surface area (Å²) in [6, 6.07) is 6.94. The number of nitrogens with zero attached hydrogens (tertiary/aromatic N) is 1. The molecule has 1 saturated carbocycles. The van der Waals surface area contributed by atoms with E-state index in [4.69, 9.17) is 11.6 Å². The van der Waals surface area contributed by atoms with Gasteiger partial charge in [0, 0.05) is 11.1 Å². The molecule has 2 aliphatic rings. The Kier molecular flexibility index (Phi) is 4.18. The van der Waals surface area contributed by atoms with Crippen LogP contribution in [0.15, 0.2) is 29.3 Å². The van der Waals surface area contributed by atoms with Crippen molar-refractivity contribution in [1.29, 1.82) is 0 Å². The van der Waals surface area contributed by atoms with Gasteiger partial charge in [-0.2, -0.15) is 0 Å². The van der Waals surface area contributed by atoms with E-state index in [0.29, 0.717) is 23.0 Å². The number of benzene rings is 1. The van der Waals surface area contributed by atoms with Gasteiger partial charge in [-0.15, -0.1) is 11.6 Å². The van der Waals surface area contributed by atoms with Crippen LogP contribution in [0, 0.1) is 11.8 Å². The smallest absolute Gasteiger partial charge is 0.209 e. The first-order valence-corrected chi connectivity index (χ1v) is 8.34. The Balaban J connectivity index is 1.99. The summed E-state index contributed by atoms with van der Waals surface area (Å²) < 4.78 is 0. The number of Topliss-reactive ketones (excluding diaryl/α,β-unsaturated/α-hetero) is 2. The zero-order valence-corrected chi connectivity index (χ0v) is 13.6. The van der Waals surface area contributed by atoms with Gasteiger partial charge in [-0.3, -0.25) is 14.6 Å². The van der Waals surface area contributed by atoms with Crippen molar-refractivity contribution >= 4 is 28.9 Å². The number of rotatable bonds is 1. The molecule has 0 bridgehead atoms. The molecule has 1 aromatic rings. The van der Waals surface area contributed by atoms with Gasteiger partial charge in [0.1, 0.15) is 11.1 Å². The zero-order chi connectivity index (χ0) is 15.9. The predicted octanol–water partition coefficient (Wildman–Crippen LogP) is 3.94. The standard InChI is InChI=1S/C18H20ClNO2/c1-10-6-5-9-14(11(10)2)20-16-15(19)17(21)12-7-3-4-8-13(12)18(16)22/h3-4,7-8,10-11,14-15H,5-6,9H2,1-2H3/t10-,11-,14-,15?/m1/s1. The summed E-state index contributed by atoms with van der Waals surface area (Å²) in [5.74, 6) is 0.580. The van der Waals surface area contributed by atoms with E-state index in [0.717, 1.165) is 12.8 Å². The Labute approximate surface area is 135 Å². The van der Waals surface area contributed by atoms with Crippen LogP contribution in [0.3, 0.4) is 0 Å². The van der Waals surface area contributed by atoms with Gasteiger partial charge >= 0.3 is 0 Å². The van der Waals surface area contributed by atoms with Crippen molar-refractivity contribution in [2.45, 2.75) is 44.5 Å². The number of carbonyl (C=O) groups is 2. The Morgan fingerprint density at radius 1 is 1.09 bits per heavy atom. The van der Waals surface area contributed by atoms with E-state index in [1.807, 2.05) is 0 Å². The maximum absolute atomic E-state index is 12.7. The van der Waals surface area contributed by atoms with E-state index in [1.165, 1.54) is 6.42 Å². The second kappa shape index (κ2) is 5.96. The molecule has 4 atom stereocenters. The minimum atomic E-state index is -0.952. The third-order valence-corrected chi connectivity index (χ3v) is 5.51. The van der Waals surface area contributed by atoms with Gasteiger partial charge in [-0.1, -0.05) is 51.0 Å². The van der Waals surface area contributed by atoms with Crippen molar-refractivity contribution < 1.29 is 9.59 Å². The van der Waals surface area contributed by atoms with Crippen LogP contribution in [-0.4, -0.2) is 28.7 Å². The van der Waals surface area contributed by atoms with Crippen molar-refractivity contribution in [2.24, 2.45) is 16.8 Å². The summed E-state index contributed by atoms with van der Waals surface area (Å²) in [5.41, 5.74) is 1.08. The Hall–Kier alpha value is -1.48. The number of fused-ring (bicyclic) bond motifs is 1. The Morgan fingerprint density at radius 3 is 2.50 bits per heavy atom. The summed E-state index contributed by atoms with van der Waals surface area (Å²) in [5, 5.41) is -0.952. The molecule has 0 heterocycles. The topological polar surface area (TPSA) is 46.5 Å². The lowest BCUT2D eigenvalue weighted by Crippen LogP contribution is -2.40. The van der Waals surface area contributed by atoms with E-state index in [-0.39, 0.29) is 23.3 Å². The van der Waals surface area contributed by atoms with E-state index in [9.17, 15) is 9.59 Å². The molecule has 2 aliphatic carbocycles. The number of alkyl halides is 1. The fourth-order valence-corrected chi connectivity index (χ4v) is 3.72. The fraction of sp³-hybridized carbons (Fsp3) is 0.500. The normalized spacial score (nSPS) is 33.9. The summed E-state index contributed by atoms with van der Waals surface area (Å²) in [7, 11) is 0. The molecule has 22 heavy (non-hydrogen) atoms. The van der Waals surface area contributed by atoms with Crippen LogP contribution in [0.25, 0.3) is 0 Å². The van der Waals surface area contributed by atoms with Crippen LogP contribution in [0.5, 0.6) is 0 Å². The van der Waals surface area contributed by atoms with Gasteiger partial charge < -0.3 is 0 Å². The molecule has 0 amide bonds. The summed E-state index contributed by atoms with van der Waals surface area (Å²) in [6.07, 6.45) is 3.27. The number of ketones is 2. The fourth-order valence-electron chi connectivity index (χ4n) is 3.45. The van der Waals surface area contributed by atoms with Crippen molar-refractivity contribution in [1.82, 2.24) is 0 Å². The molecule has 1 fully saturated rings. The molecule has 1 unspecified atom stereocenters. The average Bonchev–Trinajstić information content (AvgIpc) is 2.53. The van der Waals surface area contributed by atoms with Crippen molar-refractivity contribution in [3.63, 3.8) is 0 Å². The minimum absolute atomic E-state index is 0.0852. The minimum Gasteiger partial charge on any atom is -0.292 e. The SMILES string of the molecule is C[C@@H]1[C@H](C)CCC[C@H]1N=C1C(=O)c2ccccc2C(=O)C1Cl. The molecule has 0 radical (unpaired) electrons. The lowest BCUT2D eigenvalue weighted by Gasteiger charge is -2.32. The monoisotopic (exact) mass is 317 g/mol. The third-order valence-electron chi connectivity index (χ3n) is 5.11. The molecule has 0 N–H and O–H groups in total. The second-order valence-corrected chi connectivity index (χ2v) is 6.89. The number of hydrogen-bond donors (Lipinski definition) is 0. The van der Waals surface area contributed by atoms with Crippen molar-refractivity contribution in [2.75, 3.05) is 0 Å². The third kappa shape index (κ3) is 2.52. The molecule has 0 aliphatic heterocycles. The average molecular weight is 318 g/mol. The molecule has 0 aromatic heterocycles. The Morgan fingerprint density at radius 2 is 1.77 bits per heavy atom. The Bertz CT molecular complexity index is 652. The van der Waals surface area contributed by atoms with Gasteiger partial charge in [-0.25, -0.2) is 0 Å². The van der Waals surface area contributed by atoms with Gasteiger partial charge in [0.2, 0.25) is 5.78 Å². The van der Waals surface area contributed by atoms with Crippen molar-refractivity contribution in [3.05, 3.63) is 35.4 Å². The number of halogens is 1. The number of hydrogen-bond acceptors (Lipinski definition) is 3. The first-order valence-electron chi connectivity index (χ1n) is 7.90. The first kappa shape index (κ1) is 15.4. The lowest BCUT2D eigenvalue weighted by molar-refractivity contribution is 0.0966. The van der Waals surface area contributed by atoms with Gasteiger partial charge in [0.05, 0.1) is 6.04 Å². The molecule has 3 rings (SSSR count). The van der Waals surface area contributed by atoms with Crippen LogP contribution in [0.1, 0.15) is 53.8 Å². The first-order chi connectivity index (χ1) is 10.5. The summed E-state index contributed by atoms with van der Waals surface area (Å²) in [4.78, 5) is 29.7. The van der Waals surface area contributed by atoms with E-state index < -0.39 is 5.38 Å². The van der Waals surface area contributed by atoms with Crippen molar-refractivity contribution in [3.8, 4) is 0 Å². The largest absolute Gasteiger partial charge is 0.292 e. The van der Waals surface area contributed by atoms with Gasteiger partial charge in [-0.05, 0) is 18.3 Å². The molecule has 1 aromatic carbocycles. The lowest BCUT2D eigenvalue weighted by atomic mass is 9.78. The molecule has 116 valence electrons. The molecular formula is C18H20ClNO2. The predicted molar refractivity (Wildman–Crippen MR) is 88.1 cm³/mol. The molecule has 0 spiro atoms. The number of carbonyl (C=O) groups excluding carboxylic acids is 2. The number of aliphatic imine (C=N–C) groups is 1. The quantitative estimate of drug-likeness (QED) is 0.736. The second-order valence-electron chi connectivity index (χ2n) is 6.45. The van der Waals surface area contributed by atoms with Gasteiger partial charge in [0.25, 0.3) is 0 Å². The van der Waals surface area contributed by atoms with Crippen LogP contribution in [0.4, 0.5) is 0 Å². The molecule has 4 heteroatoms. The maximum atomic E-state index is 12.7. The highest BCUT2D eigenvalue weighted by atomic mass is 35.5. The summed E-state index contributed by atoms with van der Waals surface area (Å²) >= 11 is 6.26. The van der Waals surface area contributed by atoms with E-state index >= 15 is 0 Å². The van der Waals surface area contributed by atoms with Crippen LogP contribution >= 0.6 is 11.6 Å². The molecule has 0 saturated heterocycles. The maximum Gasteiger partial charge on any atom is 0.209 e. The highest BCUT2D eigenvalue weighted by molar-refractivity contribution is 6.64. The summed E-state index contributed by atoms with van der Waals surface area (Å²) in [6.45, 7) is 4.39.